The van der Waals surface area contributed by atoms with Gasteiger partial charge in [0, 0.05) is 13.2 Å². The molecule has 0 aliphatic heterocycles. The molecule has 3 heteroatoms. The van der Waals surface area contributed by atoms with E-state index in [1.807, 2.05) is 20.8 Å². The topological polar surface area (TPSA) is 38.3 Å². The van der Waals surface area contributed by atoms with Gasteiger partial charge in [-0.05, 0) is 32.1 Å². The molecule has 0 saturated heterocycles. The highest BCUT2D eigenvalue weighted by Crippen LogP contribution is 2.21. The van der Waals surface area contributed by atoms with Crippen molar-refractivity contribution in [3.63, 3.8) is 0 Å². The van der Waals surface area contributed by atoms with Crippen LogP contribution in [0.5, 0.6) is 0 Å². The SMILES string of the molecule is CCCNC(=O)CC(C)(C)OCCC(C)(C)C. The van der Waals surface area contributed by atoms with Crippen molar-refractivity contribution in [3.05, 3.63) is 0 Å². The molecule has 0 aromatic rings. The second-order valence-electron chi connectivity index (χ2n) is 6.45. The van der Waals surface area contributed by atoms with Crippen LogP contribution in [0.3, 0.4) is 0 Å². The number of nitrogens with one attached hydrogen (secondary N) is 1. The molecule has 0 fully saturated rings. The van der Waals surface area contributed by atoms with Crippen molar-refractivity contribution < 1.29 is 9.53 Å². The van der Waals surface area contributed by atoms with E-state index in [1.54, 1.807) is 0 Å². The third kappa shape index (κ3) is 10.3. The lowest BCUT2D eigenvalue weighted by Gasteiger charge is -2.27. The Kier molecular flexibility index (Phi) is 6.76. The molecule has 0 aromatic carbocycles. The Balaban J connectivity index is 3.90. The molecule has 0 rings (SSSR count). The van der Waals surface area contributed by atoms with Gasteiger partial charge in [-0.25, -0.2) is 0 Å². The Labute approximate surface area is 106 Å². The van der Waals surface area contributed by atoms with Crippen molar-refractivity contribution in [2.75, 3.05) is 13.2 Å². The van der Waals surface area contributed by atoms with Crippen LogP contribution in [0.2, 0.25) is 0 Å². The lowest BCUT2D eigenvalue weighted by atomic mass is 9.93. The third-order valence-electron chi connectivity index (χ3n) is 2.50. The largest absolute Gasteiger partial charge is 0.375 e. The molecule has 0 radical (unpaired) electrons. The van der Waals surface area contributed by atoms with Crippen LogP contribution in [0.25, 0.3) is 0 Å². The highest BCUT2D eigenvalue weighted by molar-refractivity contribution is 5.76. The summed E-state index contributed by atoms with van der Waals surface area (Å²) in [7, 11) is 0. The van der Waals surface area contributed by atoms with Crippen LogP contribution >= 0.6 is 0 Å². The maximum absolute atomic E-state index is 11.6. The third-order valence-corrected chi connectivity index (χ3v) is 2.50. The van der Waals surface area contributed by atoms with Crippen LogP contribution in [0.1, 0.15) is 60.8 Å². The fourth-order valence-electron chi connectivity index (χ4n) is 1.40. The van der Waals surface area contributed by atoms with E-state index in [9.17, 15) is 4.79 Å². The van der Waals surface area contributed by atoms with Gasteiger partial charge >= 0.3 is 0 Å². The summed E-state index contributed by atoms with van der Waals surface area (Å²) in [6, 6.07) is 0. The van der Waals surface area contributed by atoms with Gasteiger partial charge in [0.1, 0.15) is 0 Å². The van der Waals surface area contributed by atoms with Gasteiger partial charge in [0.05, 0.1) is 12.0 Å². The number of rotatable bonds is 7. The van der Waals surface area contributed by atoms with E-state index >= 15 is 0 Å². The summed E-state index contributed by atoms with van der Waals surface area (Å²) in [4.78, 5) is 11.6. The number of carbonyl (C=O) groups excluding carboxylic acids is 1. The molecule has 17 heavy (non-hydrogen) atoms. The Hall–Kier alpha value is -0.570. The Morgan fingerprint density at radius 1 is 1.18 bits per heavy atom. The van der Waals surface area contributed by atoms with E-state index in [0.717, 1.165) is 19.4 Å². The zero-order valence-corrected chi connectivity index (χ0v) is 12.4. The second-order valence-corrected chi connectivity index (χ2v) is 6.45. The molecule has 0 unspecified atom stereocenters. The fourth-order valence-corrected chi connectivity index (χ4v) is 1.40. The number of carbonyl (C=O) groups is 1. The van der Waals surface area contributed by atoms with Gasteiger partial charge in [-0.2, -0.15) is 0 Å². The molecule has 0 aliphatic rings. The van der Waals surface area contributed by atoms with E-state index in [-0.39, 0.29) is 16.9 Å². The van der Waals surface area contributed by atoms with Crippen molar-refractivity contribution >= 4 is 5.91 Å². The monoisotopic (exact) mass is 243 g/mol. The average molecular weight is 243 g/mol. The van der Waals surface area contributed by atoms with Crippen LogP contribution < -0.4 is 5.32 Å². The average Bonchev–Trinajstić information content (AvgIpc) is 2.11. The van der Waals surface area contributed by atoms with E-state index < -0.39 is 0 Å². The molecular formula is C14H29NO2. The summed E-state index contributed by atoms with van der Waals surface area (Å²) >= 11 is 0. The number of hydrogen-bond acceptors (Lipinski definition) is 2. The minimum absolute atomic E-state index is 0.0765. The molecule has 0 aliphatic carbocycles. The summed E-state index contributed by atoms with van der Waals surface area (Å²) < 4.78 is 5.80. The predicted molar refractivity (Wildman–Crippen MR) is 72.0 cm³/mol. The predicted octanol–water partition coefficient (Wildman–Crippen LogP) is 3.13. The van der Waals surface area contributed by atoms with Crippen LogP contribution in [0.4, 0.5) is 0 Å². The highest BCUT2D eigenvalue weighted by atomic mass is 16.5. The van der Waals surface area contributed by atoms with Gasteiger partial charge in [0.25, 0.3) is 0 Å². The van der Waals surface area contributed by atoms with Crippen molar-refractivity contribution in [2.45, 2.75) is 66.4 Å². The molecule has 3 nitrogen and oxygen atoms in total. The minimum atomic E-state index is -0.372. The lowest BCUT2D eigenvalue weighted by molar-refractivity contribution is -0.127. The zero-order valence-electron chi connectivity index (χ0n) is 12.4. The van der Waals surface area contributed by atoms with Crippen LogP contribution in [0.15, 0.2) is 0 Å². The Morgan fingerprint density at radius 2 is 1.76 bits per heavy atom. The smallest absolute Gasteiger partial charge is 0.222 e. The summed E-state index contributed by atoms with van der Waals surface area (Å²) in [5.74, 6) is 0.0765. The number of amides is 1. The van der Waals surface area contributed by atoms with E-state index in [2.05, 4.69) is 26.1 Å². The first-order chi connectivity index (χ1) is 7.66. The van der Waals surface area contributed by atoms with E-state index in [1.165, 1.54) is 0 Å². The minimum Gasteiger partial charge on any atom is -0.375 e. The first kappa shape index (κ1) is 16.4. The molecular weight excluding hydrogens is 214 g/mol. The summed E-state index contributed by atoms with van der Waals surface area (Å²) in [5, 5.41) is 2.88. The van der Waals surface area contributed by atoms with E-state index in [0.29, 0.717) is 13.0 Å². The first-order valence-corrected chi connectivity index (χ1v) is 6.57. The summed E-state index contributed by atoms with van der Waals surface area (Å²) in [6.45, 7) is 14.0. The van der Waals surface area contributed by atoms with Gasteiger partial charge in [-0.15, -0.1) is 0 Å². The number of ether oxygens (including phenoxy) is 1. The van der Waals surface area contributed by atoms with Gasteiger partial charge in [-0.1, -0.05) is 27.7 Å². The van der Waals surface area contributed by atoms with Crippen molar-refractivity contribution in [1.29, 1.82) is 0 Å². The van der Waals surface area contributed by atoms with Crippen LogP contribution in [-0.4, -0.2) is 24.7 Å². The summed E-state index contributed by atoms with van der Waals surface area (Å²) in [6.07, 6.45) is 2.40. The molecule has 0 saturated carbocycles. The zero-order chi connectivity index (χ0) is 13.5. The second kappa shape index (κ2) is 7.00. The Morgan fingerprint density at radius 3 is 2.24 bits per heavy atom. The molecule has 0 aromatic heterocycles. The van der Waals surface area contributed by atoms with Gasteiger partial charge in [0.15, 0.2) is 0 Å². The molecule has 102 valence electrons. The normalized spacial score (nSPS) is 12.6. The van der Waals surface area contributed by atoms with Gasteiger partial charge in [-0.3, -0.25) is 4.79 Å². The fraction of sp³-hybridized carbons (Fsp3) is 0.929. The van der Waals surface area contributed by atoms with E-state index in [4.69, 9.17) is 4.74 Å². The molecule has 1 N–H and O–H groups in total. The van der Waals surface area contributed by atoms with Crippen LogP contribution in [-0.2, 0) is 9.53 Å². The summed E-state index contributed by atoms with van der Waals surface area (Å²) in [5.41, 5.74) is -0.0936. The molecule has 0 heterocycles. The quantitative estimate of drug-likeness (QED) is 0.746. The van der Waals surface area contributed by atoms with Crippen molar-refractivity contribution in [1.82, 2.24) is 5.32 Å². The highest BCUT2D eigenvalue weighted by Gasteiger charge is 2.23. The molecule has 0 bridgehead atoms. The first-order valence-electron chi connectivity index (χ1n) is 6.57. The van der Waals surface area contributed by atoms with Gasteiger partial charge < -0.3 is 10.1 Å². The van der Waals surface area contributed by atoms with Crippen molar-refractivity contribution in [3.8, 4) is 0 Å². The maximum atomic E-state index is 11.6. The lowest BCUT2D eigenvalue weighted by Crippen LogP contribution is -2.35. The van der Waals surface area contributed by atoms with Crippen LogP contribution in [0, 0.1) is 5.41 Å². The number of hydrogen-bond donors (Lipinski definition) is 1. The van der Waals surface area contributed by atoms with Gasteiger partial charge in [0.2, 0.25) is 5.91 Å². The standard InChI is InChI=1S/C14H29NO2/c1-7-9-15-12(16)11-14(5,6)17-10-8-13(2,3)4/h7-11H2,1-6H3,(H,15,16). The maximum Gasteiger partial charge on any atom is 0.222 e. The molecule has 1 amide bonds. The molecule has 0 atom stereocenters. The molecule has 0 spiro atoms. The van der Waals surface area contributed by atoms with Crippen molar-refractivity contribution in [2.24, 2.45) is 5.41 Å². The Bertz CT molecular complexity index is 229.